The van der Waals surface area contributed by atoms with Crippen molar-refractivity contribution in [2.75, 3.05) is 11.1 Å². The number of allylic oxidation sites excluding steroid dienone is 1. The fraction of sp³-hybridized carbons (Fsp3) is 0.286. The molecule has 0 unspecified atom stereocenters. The third-order valence-corrected chi connectivity index (χ3v) is 6.31. The van der Waals surface area contributed by atoms with Gasteiger partial charge in [0.15, 0.2) is 11.0 Å². The number of benzene rings is 1. The summed E-state index contributed by atoms with van der Waals surface area (Å²) in [7, 11) is 0. The largest absolute Gasteiger partial charge is 0.325 e. The molecule has 7 heteroatoms. The maximum atomic E-state index is 12.3. The molecule has 0 saturated carbocycles. The van der Waals surface area contributed by atoms with Crippen molar-refractivity contribution in [1.82, 2.24) is 14.8 Å². The van der Waals surface area contributed by atoms with Crippen LogP contribution in [-0.4, -0.2) is 26.4 Å². The van der Waals surface area contributed by atoms with Crippen molar-refractivity contribution in [2.45, 2.75) is 38.9 Å². The van der Waals surface area contributed by atoms with Crippen LogP contribution in [0.1, 0.15) is 22.9 Å². The van der Waals surface area contributed by atoms with Gasteiger partial charge in [-0.2, -0.15) is 0 Å². The van der Waals surface area contributed by atoms with Gasteiger partial charge in [0.2, 0.25) is 5.91 Å². The summed E-state index contributed by atoms with van der Waals surface area (Å²) >= 11 is 3.12. The molecule has 0 saturated heterocycles. The molecule has 3 aromatic rings. The van der Waals surface area contributed by atoms with Crippen molar-refractivity contribution in [3.8, 4) is 11.4 Å². The zero-order valence-electron chi connectivity index (χ0n) is 16.4. The lowest BCUT2D eigenvalue weighted by molar-refractivity contribution is -0.113. The zero-order chi connectivity index (χ0) is 20.1. The summed E-state index contributed by atoms with van der Waals surface area (Å²) in [5, 5.41) is 14.5. The standard InChI is InChI=1S/C21H24N4OS2/c1-5-11-25-20(18-12-27-15(4)17(18)6-2)23-24-21(25)28-13-19(26)22-16-9-7-14(3)8-10-16/h5,7-10,12H,1,6,11,13H2,2-4H3,(H,22,26). The molecule has 1 amide bonds. The number of anilines is 1. The Morgan fingerprint density at radius 2 is 2.04 bits per heavy atom. The fourth-order valence-corrected chi connectivity index (χ4v) is 4.65. The van der Waals surface area contributed by atoms with Gasteiger partial charge in [0, 0.05) is 28.1 Å². The average Bonchev–Trinajstić information content (AvgIpc) is 3.25. The maximum Gasteiger partial charge on any atom is 0.234 e. The van der Waals surface area contributed by atoms with Gasteiger partial charge in [0.1, 0.15) is 0 Å². The van der Waals surface area contributed by atoms with Crippen molar-refractivity contribution in [1.29, 1.82) is 0 Å². The van der Waals surface area contributed by atoms with E-state index in [2.05, 4.69) is 41.3 Å². The highest BCUT2D eigenvalue weighted by atomic mass is 32.2. The first-order valence-corrected chi connectivity index (χ1v) is 11.0. The molecular weight excluding hydrogens is 388 g/mol. The molecule has 0 aliphatic rings. The third-order valence-electron chi connectivity index (χ3n) is 4.39. The molecule has 2 aromatic heterocycles. The number of rotatable bonds is 8. The first kappa shape index (κ1) is 20.4. The average molecular weight is 413 g/mol. The number of aromatic nitrogens is 3. The van der Waals surface area contributed by atoms with Crippen LogP contribution in [0.4, 0.5) is 5.69 Å². The van der Waals surface area contributed by atoms with Crippen LogP contribution in [0.15, 0.2) is 47.5 Å². The number of carbonyl (C=O) groups is 1. The Kier molecular flexibility index (Phi) is 6.70. The van der Waals surface area contributed by atoms with Gasteiger partial charge in [-0.15, -0.1) is 28.1 Å². The molecule has 0 spiro atoms. The van der Waals surface area contributed by atoms with Crippen LogP contribution in [0, 0.1) is 13.8 Å². The molecule has 5 nitrogen and oxygen atoms in total. The molecule has 0 aliphatic carbocycles. The number of thiophene rings is 1. The number of nitrogens with zero attached hydrogens (tertiary/aromatic N) is 3. The monoisotopic (exact) mass is 412 g/mol. The minimum Gasteiger partial charge on any atom is -0.325 e. The van der Waals surface area contributed by atoms with Crippen molar-refractivity contribution < 1.29 is 4.79 Å². The number of hydrogen-bond donors (Lipinski definition) is 1. The van der Waals surface area contributed by atoms with Gasteiger partial charge in [-0.3, -0.25) is 9.36 Å². The molecule has 0 aliphatic heterocycles. The lowest BCUT2D eigenvalue weighted by Crippen LogP contribution is -2.14. The van der Waals surface area contributed by atoms with E-state index >= 15 is 0 Å². The number of hydrogen-bond acceptors (Lipinski definition) is 5. The molecule has 0 atom stereocenters. The quantitative estimate of drug-likeness (QED) is 0.413. The van der Waals surface area contributed by atoms with Gasteiger partial charge >= 0.3 is 0 Å². The molecule has 0 radical (unpaired) electrons. The first-order valence-electron chi connectivity index (χ1n) is 9.14. The Morgan fingerprint density at radius 3 is 2.71 bits per heavy atom. The number of amides is 1. The summed E-state index contributed by atoms with van der Waals surface area (Å²) in [5.41, 5.74) is 4.38. The van der Waals surface area contributed by atoms with Crippen LogP contribution in [0.2, 0.25) is 0 Å². The van der Waals surface area contributed by atoms with Gasteiger partial charge in [-0.1, -0.05) is 42.5 Å². The van der Waals surface area contributed by atoms with Crippen LogP contribution in [0.5, 0.6) is 0 Å². The van der Waals surface area contributed by atoms with Crippen LogP contribution in [0.25, 0.3) is 11.4 Å². The number of aryl methyl sites for hydroxylation is 2. The van der Waals surface area contributed by atoms with E-state index in [1.807, 2.05) is 41.8 Å². The summed E-state index contributed by atoms with van der Waals surface area (Å²) in [5.74, 6) is 1.04. The lowest BCUT2D eigenvalue weighted by atomic mass is 10.1. The topological polar surface area (TPSA) is 59.8 Å². The predicted molar refractivity (Wildman–Crippen MR) is 118 cm³/mol. The third kappa shape index (κ3) is 4.54. The van der Waals surface area contributed by atoms with Gasteiger partial charge in [-0.05, 0) is 38.0 Å². The Labute approximate surface area is 173 Å². The number of nitrogens with one attached hydrogen (secondary N) is 1. The van der Waals surface area contributed by atoms with Gasteiger partial charge < -0.3 is 5.32 Å². The van der Waals surface area contributed by atoms with E-state index in [0.717, 1.165) is 34.2 Å². The molecule has 2 heterocycles. The van der Waals surface area contributed by atoms with Crippen LogP contribution >= 0.6 is 23.1 Å². The maximum absolute atomic E-state index is 12.3. The Morgan fingerprint density at radius 1 is 1.29 bits per heavy atom. The van der Waals surface area contributed by atoms with E-state index in [0.29, 0.717) is 6.54 Å². The first-order chi connectivity index (χ1) is 13.5. The van der Waals surface area contributed by atoms with Crippen molar-refractivity contribution in [2.24, 2.45) is 0 Å². The summed E-state index contributed by atoms with van der Waals surface area (Å²) in [6.45, 7) is 10.8. The molecule has 0 bridgehead atoms. The van der Waals surface area contributed by atoms with Crippen molar-refractivity contribution in [3.05, 3.63) is 58.3 Å². The minimum absolute atomic E-state index is 0.0656. The second-order valence-corrected chi connectivity index (χ2v) is 8.47. The SMILES string of the molecule is C=CCn1c(SCC(=O)Nc2ccc(C)cc2)nnc1-c1csc(C)c1CC. The minimum atomic E-state index is -0.0656. The summed E-state index contributed by atoms with van der Waals surface area (Å²) in [6.07, 6.45) is 2.78. The van der Waals surface area contributed by atoms with Gasteiger partial charge in [0.05, 0.1) is 5.75 Å². The normalized spacial score (nSPS) is 10.8. The molecule has 28 heavy (non-hydrogen) atoms. The Bertz CT molecular complexity index is 973. The zero-order valence-corrected chi connectivity index (χ0v) is 18.0. The highest BCUT2D eigenvalue weighted by molar-refractivity contribution is 7.99. The highest BCUT2D eigenvalue weighted by Crippen LogP contribution is 2.32. The van der Waals surface area contributed by atoms with E-state index in [-0.39, 0.29) is 11.7 Å². The van der Waals surface area contributed by atoms with E-state index < -0.39 is 0 Å². The Hall–Kier alpha value is -2.38. The molecule has 1 N–H and O–H groups in total. The molecule has 1 aromatic carbocycles. The van der Waals surface area contributed by atoms with E-state index in [9.17, 15) is 4.79 Å². The Balaban J connectivity index is 1.75. The van der Waals surface area contributed by atoms with Gasteiger partial charge in [0.25, 0.3) is 0 Å². The van der Waals surface area contributed by atoms with E-state index in [4.69, 9.17) is 0 Å². The predicted octanol–water partition coefficient (Wildman–Crippen LogP) is 5.10. The molecular formula is C21H24N4OS2. The van der Waals surface area contributed by atoms with Crippen LogP contribution < -0.4 is 5.32 Å². The summed E-state index contributed by atoms with van der Waals surface area (Å²) in [6, 6.07) is 7.76. The van der Waals surface area contributed by atoms with E-state index in [1.54, 1.807) is 11.3 Å². The second kappa shape index (κ2) is 9.21. The van der Waals surface area contributed by atoms with Crippen molar-refractivity contribution in [3.63, 3.8) is 0 Å². The van der Waals surface area contributed by atoms with E-state index in [1.165, 1.54) is 22.2 Å². The van der Waals surface area contributed by atoms with Crippen molar-refractivity contribution >= 4 is 34.7 Å². The number of carbonyl (C=O) groups excluding carboxylic acids is 1. The smallest absolute Gasteiger partial charge is 0.234 e. The second-order valence-electron chi connectivity index (χ2n) is 6.45. The molecule has 0 fully saturated rings. The molecule has 3 rings (SSSR count). The molecule has 146 valence electrons. The summed E-state index contributed by atoms with van der Waals surface area (Å²) in [4.78, 5) is 13.6. The highest BCUT2D eigenvalue weighted by Gasteiger charge is 2.19. The van der Waals surface area contributed by atoms with Gasteiger partial charge in [-0.25, -0.2) is 0 Å². The van der Waals surface area contributed by atoms with Crippen LogP contribution in [0.3, 0.4) is 0 Å². The van der Waals surface area contributed by atoms with Crippen LogP contribution in [-0.2, 0) is 17.8 Å². The fourth-order valence-electron chi connectivity index (χ4n) is 2.96. The summed E-state index contributed by atoms with van der Waals surface area (Å²) < 4.78 is 2.03. The number of thioether (sulfide) groups is 1. The lowest BCUT2D eigenvalue weighted by Gasteiger charge is -2.09.